The molecule has 0 bridgehead atoms. The van der Waals surface area contributed by atoms with E-state index in [0.29, 0.717) is 10.0 Å². The highest BCUT2D eigenvalue weighted by molar-refractivity contribution is 9.11. The van der Waals surface area contributed by atoms with Crippen LogP contribution in [0.15, 0.2) is 34.1 Å². The number of anilines is 1. The summed E-state index contributed by atoms with van der Waals surface area (Å²) in [6.07, 6.45) is 0. The van der Waals surface area contributed by atoms with Gasteiger partial charge in [-0.1, -0.05) is 23.5 Å². The Morgan fingerprint density at radius 1 is 1.26 bits per heavy atom. The molecule has 0 aliphatic rings. The second-order valence-electron chi connectivity index (χ2n) is 4.00. The van der Waals surface area contributed by atoms with E-state index in [9.17, 15) is 4.79 Å². The molecule has 0 atom stereocenters. The Balaban J connectivity index is 1.89. The second kappa shape index (κ2) is 5.03. The topological polar surface area (TPSA) is 42.0 Å². The molecule has 0 fully saturated rings. The molecule has 0 unspecified atom stereocenters. The summed E-state index contributed by atoms with van der Waals surface area (Å²) in [6.45, 7) is 2.02. The maximum atomic E-state index is 12.0. The summed E-state index contributed by atoms with van der Waals surface area (Å²) in [7, 11) is 0. The van der Waals surface area contributed by atoms with Crippen LogP contribution in [-0.2, 0) is 0 Å². The van der Waals surface area contributed by atoms with Crippen molar-refractivity contribution in [1.29, 1.82) is 0 Å². The highest BCUT2D eigenvalue weighted by Gasteiger charge is 2.12. The fraction of sp³-hybridized carbons (Fsp3) is 0.0769. The van der Waals surface area contributed by atoms with Gasteiger partial charge < -0.3 is 0 Å². The lowest BCUT2D eigenvalue weighted by atomic mass is 10.2. The Bertz CT molecular complexity index is 763. The molecule has 19 heavy (non-hydrogen) atoms. The average molecular weight is 353 g/mol. The van der Waals surface area contributed by atoms with Crippen LogP contribution in [0.4, 0.5) is 5.13 Å². The van der Waals surface area contributed by atoms with E-state index in [0.717, 1.165) is 19.6 Å². The van der Waals surface area contributed by atoms with Crippen LogP contribution < -0.4 is 5.32 Å². The third-order valence-electron chi connectivity index (χ3n) is 2.64. The number of amides is 1. The first-order valence-electron chi connectivity index (χ1n) is 5.56. The van der Waals surface area contributed by atoms with Crippen molar-refractivity contribution in [1.82, 2.24) is 4.98 Å². The molecule has 2 heterocycles. The summed E-state index contributed by atoms with van der Waals surface area (Å²) in [5, 5.41) is 3.48. The zero-order valence-corrected chi connectivity index (χ0v) is 13.2. The Morgan fingerprint density at radius 3 is 2.79 bits per heavy atom. The van der Waals surface area contributed by atoms with Crippen LogP contribution in [0.1, 0.15) is 15.2 Å². The molecule has 96 valence electrons. The van der Waals surface area contributed by atoms with Crippen molar-refractivity contribution in [2.75, 3.05) is 5.32 Å². The minimum absolute atomic E-state index is 0.118. The molecule has 0 saturated heterocycles. The monoisotopic (exact) mass is 352 g/mol. The number of hydrogen-bond donors (Lipinski definition) is 1. The summed E-state index contributed by atoms with van der Waals surface area (Å²) in [4.78, 5) is 17.2. The number of rotatable bonds is 2. The number of aryl methyl sites for hydroxylation is 1. The van der Waals surface area contributed by atoms with Gasteiger partial charge in [0, 0.05) is 0 Å². The molecule has 0 spiro atoms. The molecule has 3 aromatic rings. The molecule has 1 amide bonds. The molecule has 3 nitrogen and oxygen atoms in total. The molecule has 6 heteroatoms. The van der Waals surface area contributed by atoms with Gasteiger partial charge in [-0.15, -0.1) is 11.3 Å². The molecule has 2 aromatic heterocycles. The van der Waals surface area contributed by atoms with Gasteiger partial charge in [0.1, 0.15) is 0 Å². The third kappa shape index (κ3) is 2.56. The number of nitrogens with zero attached hydrogens (tertiary/aromatic N) is 1. The standard InChI is InChI=1S/C13H9BrN2OS2/c1-7-3-2-4-8-11(7)15-13(19-8)16-12(17)9-5-6-10(14)18-9/h2-6H,1H3,(H,15,16,17). The van der Waals surface area contributed by atoms with Crippen LogP contribution in [0, 0.1) is 6.92 Å². The Morgan fingerprint density at radius 2 is 2.11 bits per heavy atom. The predicted octanol–water partition coefficient (Wildman–Crippen LogP) is 4.68. The first kappa shape index (κ1) is 12.8. The lowest BCUT2D eigenvalue weighted by Gasteiger charge is -1.97. The van der Waals surface area contributed by atoms with Crippen molar-refractivity contribution in [3.8, 4) is 0 Å². The molecule has 0 radical (unpaired) electrons. The van der Waals surface area contributed by atoms with Gasteiger partial charge in [-0.3, -0.25) is 10.1 Å². The summed E-state index contributed by atoms with van der Waals surface area (Å²) in [5.74, 6) is -0.118. The zero-order chi connectivity index (χ0) is 13.4. The fourth-order valence-electron chi connectivity index (χ4n) is 1.73. The lowest BCUT2D eigenvalue weighted by molar-refractivity contribution is 0.103. The number of carbonyl (C=O) groups excluding carboxylic acids is 1. The Hall–Kier alpha value is -1.24. The van der Waals surface area contributed by atoms with Crippen LogP contribution in [-0.4, -0.2) is 10.9 Å². The minimum atomic E-state index is -0.118. The van der Waals surface area contributed by atoms with E-state index in [-0.39, 0.29) is 5.91 Å². The highest BCUT2D eigenvalue weighted by atomic mass is 79.9. The van der Waals surface area contributed by atoms with Crippen molar-refractivity contribution in [2.45, 2.75) is 6.92 Å². The van der Waals surface area contributed by atoms with Gasteiger partial charge in [-0.05, 0) is 46.6 Å². The molecule has 0 aliphatic heterocycles. The van der Waals surface area contributed by atoms with Crippen LogP contribution in [0.2, 0.25) is 0 Å². The van der Waals surface area contributed by atoms with E-state index in [1.807, 2.05) is 31.2 Å². The van der Waals surface area contributed by atoms with E-state index < -0.39 is 0 Å². The fourth-order valence-corrected chi connectivity index (χ4v) is 3.95. The van der Waals surface area contributed by atoms with E-state index in [4.69, 9.17) is 0 Å². The van der Waals surface area contributed by atoms with Gasteiger partial charge in [0.15, 0.2) is 5.13 Å². The molecule has 1 aromatic carbocycles. The number of benzene rings is 1. The Labute approximate surface area is 126 Å². The second-order valence-corrected chi connectivity index (χ2v) is 7.49. The largest absolute Gasteiger partial charge is 0.297 e. The quantitative estimate of drug-likeness (QED) is 0.727. The van der Waals surface area contributed by atoms with Crippen molar-refractivity contribution in [3.63, 3.8) is 0 Å². The number of carbonyl (C=O) groups is 1. The first-order chi connectivity index (χ1) is 9.13. The highest BCUT2D eigenvalue weighted by Crippen LogP contribution is 2.29. The minimum Gasteiger partial charge on any atom is -0.297 e. The van der Waals surface area contributed by atoms with Crippen LogP contribution in [0.3, 0.4) is 0 Å². The van der Waals surface area contributed by atoms with Gasteiger partial charge in [0.2, 0.25) is 0 Å². The Kier molecular flexibility index (Phi) is 3.38. The van der Waals surface area contributed by atoms with Crippen molar-refractivity contribution < 1.29 is 4.79 Å². The predicted molar refractivity (Wildman–Crippen MR) is 84.3 cm³/mol. The van der Waals surface area contributed by atoms with E-state index in [2.05, 4.69) is 26.2 Å². The molecule has 0 aliphatic carbocycles. The molecule has 3 rings (SSSR count). The van der Waals surface area contributed by atoms with E-state index in [1.54, 1.807) is 6.07 Å². The van der Waals surface area contributed by atoms with Crippen LogP contribution in [0.5, 0.6) is 0 Å². The smallest absolute Gasteiger partial charge is 0.267 e. The van der Waals surface area contributed by atoms with Gasteiger partial charge in [0.25, 0.3) is 5.91 Å². The number of thiophene rings is 1. The maximum Gasteiger partial charge on any atom is 0.267 e. The van der Waals surface area contributed by atoms with Gasteiger partial charge in [-0.25, -0.2) is 4.98 Å². The normalized spacial score (nSPS) is 10.8. The van der Waals surface area contributed by atoms with Crippen LogP contribution in [0.25, 0.3) is 10.2 Å². The number of nitrogens with one attached hydrogen (secondary N) is 1. The first-order valence-corrected chi connectivity index (χ1v) is 7.99. The molecular formula is C13H9BrN2OS2. The summed E-state index contributed by atoms with van der Waals surface area (Å²) >= 11 is 6.25. The SMILES string of the molecule is Cc1cccc2sc(NC(=O)c3ccc(Br)s3)nc12. The summed E-state index contributed by atoms with van der Waals surface area (Å²) in [5.41, 5.74) is 2.07. The zero-order valence-electron chi connectivity index (χ0n) is 9.94. The maximum absolute atomic E-state index is 12.0. The number of thiazole rings is 1. The summed E-state index contributed by atoms with van der Waals surface area (Å²) < 4.78 is 2.03. The number of hydrogen-bond acceptors (Lipinski definition) is 4. The average Bonchev–Trinajstić information content (AvgIpc) is 2.96. The van der Waals surface area contributed by atoms with Gasteiger partial charge in [-0.2, -0.15) is 0 Å². The van der Waals surface area contributed by atoms with E-state index in [1.165, 1.54) is 22.7 Å². The van der Waals surface area contributed by atoms with Gasteiger partial charge >= 0.3 is 0 Å². The molecular weight excluding hydrogens is 344 g/mol. The number of fused-ring (bicyclic) bond motifs is 1. The third-order valence-corrected chi connectivity index (χ3v) is 5.20. The lowest BCUT2D eigenvalue weighted by Crippen LogP contribution is -2.09. The molecule has 0 saturated carbocycles. The number of para-hydroxylation sites is 1. The van der Waals surface area contributed by atoms with Gasteiger partial charge in [0.05, 0.1) is 18.9 Å². The number of halogens is 1. The van der Waals surface area contributed by atoms with E-state index >= 15 is 0 Å². The van der Waals surface area contributed by atoms with Crippen molar-refractivity contribution >= 4 is 59.9 Å². The summed E-state index contributed by atoms with van der Waals surface area (Å²) in [6, 6.07) is 9.68. The van der Waals surface area contributed by atoms with Crippen molar-refractivity contribution in [3.05, 3.63) is 44.6 Å². The van der Waals surface area contributed by atoms with Crippen LogP contribution >= 0.6 is 38.6 Å². The van der Waals surface area contributed by atoms with Crippen molar-refractivity contribution in [2.24, 2.45) is 0 Å². The molecule has 1 N–H and O–H groups in total. The number of aromatic nitrogens is 1.